The van der Waals surface area contributed by atoms with Gasteiger partial charge in [0.1, 0.15) is 11.2 Å². The summed E-state index contributed by atoms with van der Waals surface area (Å²) in [5.74, 6) is 0. The van der Waals surface area contributed by atoms with Gasteiger partial charge in [-0.25, -0.2) is 4.98 Å². The van der Waals surface area contributed by atoms with Gasteiger partial charge in [0.2, 0.25) is 0 Å². The molecule has 0 saturated heterocycles. The van der Waals surface area contributed by atoms with Crippen molar-refractivity contribution in [1.29, 1.82) is 0 Å². The molecule has 0 N–H and O–H groups in total. The molecule has 3 aliphatic carbocycles. The van der Waals surface area contributed by atoms with Crippen molar-refractivity contribution in [2.24, 2.45) is 0 Å². The Morgan fingerprint density at radius 3 is 1.50 bits per heavy atom. The fourth-order valence-corrected chi connectivity index (χ4v) is 14.5. The maximum atomic E-state index is 6.85. The Morgan fingerprint density at radius 2 is 0.825 bits per heavy atom. The van der Waals surface area contributed by atoms with Crippen LogP contribution in [0.4, 0.5) is 17.1 Å². The van der Waals surface area contributed by atoms with E-state index in [0.717, 1.165) is 72.3 Å². The molecule has 2 aromatic heterocycles. The zero-order valence-electron chi connectivity index (χ0n) is 43.5. The van der Waals surface area contributed by atoms with E-state index in [-0.39, 0.29) is 0 Å². The van der Waals surface area contributed by atoms with E-state index in [1.165, 1.54) is 77.9 Å². The first-order valence-electron chi connectivity index (χ1n) is 27.7. The first-order valence-corrected chi connectivity index (χ1v) is 27.7. The normalized spacial score (nSPS) is 13.7. The maximum Gasteiger partial charge on any atom is 0.137 e. The lowest BCUT2D eigenvalue weighted by atomic mass is 9.67. The summed E-state index contributed by atoms with van der Waals surface area (Å²) in [7, 11) is 0. The minimum atomic E-state index is -0.724. The number of furan rings is 1. The predicted molar refractivity (Wildman–Crippen MR) is 328 cm³/mol. The molecule has 0 aliphatic heterocycles. The van der Waals surface area contributed by atoms with Crippen LogP contribution >= 0.6 is 0 Å². The van der Waals surface area contributed by atoms with E-state index in [9.17, 15) is 0 Å². The molecule has 372 valence electrons. The molecule has 3 aliphatic rings. The Labute approximate surface area is 464 Å². The number of benzene rings is 12. The second-order valence-electron chi connectivity index (χ2n) is 21.6. The number of pyridine rings is 1. The molecule has 17 rings (SSSR count). The van der Waals surface area contributed by atoms with Crippen molar-refractivity contribution in [2.45, 2.75) is 10.8 Å². The first-order chi connectivity index (χ1) is 39.7. The summed E-state index contributed by atoms with van der Waals surface area (Å²) in [5, 5.41) is 3.27. The van der Waals surface area contributed by atoms with E-state index in [4.69, 9.17) is 9.40 Å². The molecular weight excluding hydrogens is 969 g/mol. The molecule has 2 heterocycles. The second-order valence-corrected chi connectivity index (χ2v) is 21.6. The van der Waals surface area contributed by atoms with Crippen molar-refractivity contribution < 1.29 is 4.42 Å². The molecule has 0 unspecified atom stereocenters. The quantitative estimate of drug-likeness (QED) is 0.159. The summed E-state index contributed by atoms with van der Waals surface area (Å²) in [6.07, 6.45) is 0. The molecule has 3 heteroatoms. The fourth-order valence-electron chi connectivity index (χ4n) is 14.5. The Morgan fingerprint density at radius 1 is 0.312 bits per heavy atom. The van der Waals surface area contributed by atoms with Crippen molar-refractivity contribution in [2.75, 3.05) is 4.90 Å². The van der Waals surface area contributed by atoms with Crippen molar-refractivity contribution in [3.05, 3.63) is 336 Å². The van der Waals surface area contributed by atoms with Gasteiger partial charge in [0.05, 0.1) is 27.7 Å². The molecule has 0 amide bonds. The van der Waals surface area contributed by atoms with Gasteiger partial charge < -0.3 is 9.32 Å². The number of hydrogen-bond donors (Lipinski definition) is 0. The largest absolute Gasteiger partial charge is 0.456 e. The van der Waals surface area contributed by atoms with Gasteiger partial charge in [-0.1, -0.05) is 231 Å². The summed E-state index contributed by atoms with van der Waals surface area (Å²) in [4.78, 5) is 8.26. The maximum absolute atomic E-state index is 6.85. The Kier molecular flexibility index (Phi) is 9.55. The molecule has 80 heavy (non-hydrogen) atoms. The zero-order valence-corrected chi connectivity index (χ0v) is 43.5. The molecule has 0 radical (unpaired) electrons. The lowest BCUT2D eigenvalue weighted by Gasteiger charge is -2.35. The van der Waals surface area contributed by atoms with Crippen LogP contribution in [0.5, 0.6) is 0 Å². The van der Waals surface area contributed by atoms with E-state index >= 15 is 0 Å². The number of para-hydroxylation sites is 2. The Balaban J connectivity index is 1.03. The highest BCUT2D eigenvalue weighted by Gasteiger charge is 2.52. The lowest BCUT2D eigenvalue weighted by molar-refractivity contribution is 0.669. The van der Waals surface area contributed by atoms with Gasteiger partial charge in [-0.2, -0.15) is 0 Å². The van der Waals surface area contributed by atoms with Crippen molar-refractivity contribution in [3.8, 4) is 55.8 Å². The van der Waals surface area contributed by atoms with Crippen LogP contribution < -0.4 is 4.90 Å². The third kappa shape index (κ3) is 6.12. The third-order valence-electron chi connectivity index (χ3n) is 17.7. The van der Waals surface area contributed by atoms with E-state index in [0.29, 0.717) is 0 Å². The summed E-state index contributed by atoms with van der Waals surface area (Å²) < 4.78 is 6.85. The summed E-state index contributed by atoms with van der Waals surface area (Å²) in [5.41, 5.74) is 26.0. The Hall–Kier alpha value is -10.4. The molecular formula is C77H48N2O. The third-order valence-corrected chi connectivity index (χ3v) is 17.7. The molecule has 3 nitrogen and oxygen atoms in total. The second kappa shape index (κ2) is 17.1. The van der Waals surface area contributed by atoms with E-state index in [1.54, 1.807) is 0 Å². The van der Waals surface area contributed by atoms with Gasteiger partial charge in [0.15, 0.2) is 0 Å². The van der Waals surface area contributed by atoms with Crippen molar-refractivity contribution in [1.82, 2.24) is 4.98 Å². The zero-order chi connectivity index (χ0) is 52.5. The van der Waals surface area contributed by atoms with Gasteiger partial charge in [-0.05, 0) is 132 Å². The summed E-state index contributed by atoms with van der Waals surface area (Å²) >= 11 is 0. The number of fused-ring (bicyclic) bond motifs is 17. The van der Waals surface area contributed by atoms with Gasteiger partial charge in [-0.15, -0.1) is 0 Å². The average molecular weight is 1020 g/mol. The van der Waals surface area contributed by atoms with Crippen LogP contribution in [0, 0.1) is 0 Å². The van der Waals surface area contributed by atoms with Gasteiger partial charge in [0, 0.05) is 50.3 Å². The Bertz CT molecular complexity index is 4740. The van der Waals surface area contributed by atoms with Crippen molar-refractivity contribution in [3.63, 3.8) is 0 Å². The number of aromatic nitrogens is 1. The number of rotatable bonds is 7. The van der Waals surface area contributed by atoms with E-state index in [2.05, 4.69) is 296 Å². The highest BCUT2D eigenvalue weighted by Crippen LogP contribution is 2.65. The van der Waals surface area contributed by atoms with Crippen LogP contribution in [0.25, 0.3) is 88.6 Å². The van der Waals surface area contributed by atoms with Crippen LogP contribution in [0.2, 0.25) is 0 Å². The monoisotopic (exact) mass is 1020 g/mol. The number of anilines is 3. The van der Waals surface area contributed by atoms with Gasteiger partial charge >= 0.3 is 0 Å². The summed E-state index contributed by atoms with van der Waals surface area (Å²) in [6.45, 7) is 0. The standard InChI is InChI=1S/C77H48N2O/c1-4-22-49(23-5-1)63-44-50-24-10-20-38-70(50)78-75(63)51-45-69-74(62-33-14-19-37-67(62)76(69,52-25-6-2-7-26-52)53-27-8-3-9-28-53)71(46-51)79(55-41-43-61-60-32-15-21-39-72(60)80-73(61)48-55)54-40-42-59-58-31-13-18-36-66(58)77(68(59)47-54)64-34-16-11-29-56(64)57-30-12-17-35-65(57)77/h1-48H. The van der Waals surface area contributed by atoms with Crippen LogP contribution in [-0.2, 0) is 10.8 Å². The van der Waals surface area contributed by atoms with Gasteiger partial charge in [0.25, 0.3) is 0 Å². The fraction of sp³-hybridized carbons (Fsp3) is 0.0260. The SMILES string of the molecule is c1ccc(-c2cc3ccccc3nc2-c2cc(N(c3ccc4c(c3)C3(c5ccccc5-c5ccccc53)c3ccccc3-4)c3ccc4c(c3)oc3ccccc34)c3c(c2)C(c2ccccc2)(c2ccccc2)c2ccccc2-3)cc1. The van der Waals surface area contributed by atoms with E-state index < -0.39 is 10.8 Å². The lowest BCUT2D eigenvalue weighted by Crippen LogP contribution is -2.28. The highest BCUT2D eigenvalue weighted by atomic mass is 16.3. The van der Waals surface area contributed by atoms with Crippen LogP contribution in [-0.4, -0.2) is 4.98 Å². The van der Waals surface area contributed by atoms with E-state index in [1.807, 2.05) is 0 Å². The topological polar surface area (TPSA) is 29.3 Å². The smallest absolute Gasteiger partial charge is 0.137 e. The molecule has 0 bridgehead atoms. The average Bonchev–Trinajstić information content (AvgIpc) is 4.32. The minimum Gasteiger partial charge on any atom is -0.456 e. The molecule has 0 fully saturated rings. The van der Waals surface area contributed by atoms with Crippen LogP contribution in [0.3, 0.4) is 0 Å². The molecule has 1 spiro atoms. The minimum absolute atomic E-state index is 0.560. The highest BCUT2D eigenvalue weighted by molar-refractivity contribution is 6.08. The van der Waals surface area contributed by atoms with Crippen molar-refractivity contribution >= 4 is 49.9 Å². The van der Waals surface area contributed by atoms with Gasteiger partial charge in [-0.3, -0.25) is 0 Å². The summed E-state index contributed by atoms with van der Waals surface area (Å²) in [6, 6.07) is 108. The number of hydrogen-bond acceptors (Lipinski definition) is 3. The molecule has 0 atom stereocenters. The van der Waals surface area contributed by atoms with Crippen LogP contribution in [0.1, 0.15) is 44.5 Å². The molecule has 12 aromatic carbocycles. The first kappa shape index (κ1) is 44.7. The molecule has 0 saturated carbocycles. The number of nitrogens with zero attached hydrogens (tertiary/aromatic N) is 2. The molecule has 14 aromatic rings. The predicted octanol–water partition coefficient (Wildman–Crippen LogP) is 19.6. The van der Waals surface area contributed by atoms with Crippen LogP contribution in [0.15, 0.2) is 296 Å².